The quantitative estimate of drug-likeness (QED) is 0.764. The molecule has 0 heterocycles. The average molecular weight is 255 g/mol. The topological polar surface area (TPSA) is 21.3 Å². The molecule has 0 saturated heterocycles. The van der Waals surface area contributed by atoms with Gasteiger partial charge in [0.05, 0.1) is 12.7 Å². The molecule has 2 aromatic carbocycles. The van der Waals surface area contributed by atoms with Crippen molar-refractivity contribution in [3.8, 4) is 0 Å². The Hall–Kier alpha value is -1.64. The van der Waals surface area contributed by atoms with Crippen molar-refractivity contribution in [1.29, 1.82) is 0 Å². The van der Waals surface area contributed by atoms with Crippen LogP contribution in [0.3, 0.4) is 0 Å². The molecule has 0 aromatic heterocycles. The van der Waals surface area contributed by atoms with Crippen molar-refractivity contribution in [2.75, 3.05) is 13.2 Å². The van der Waals surface area contributed by atoms with E-state index in [0.29, 0.717) is 0 Å². The summed E-state index contributed by atoms with van der Waals surface area (Å²) in [5.74, 6) is 0. The van der Waals surface area contributed by atoms with Gasteiger partial charge < -0.3 is 10.1 Å². The molecule has 100 valence electrons. The first-order valence-corrected chi connectivity index (χ1v) is 6.77. The number of hydrogen-bond acceptors (Lipinski definition) is 2. The lowest BCUT2D eigenvalue weighted by molar-refractivity contribution is 0.0676. The normalized spacial score (nSPS) is 12.3. The van der Waals surface area contributed by atoms with E-state index in [9.17, 15) is 0 Å². The Balaban J connectivity index is 1.62. The SMILES string of the molecule is CC(OCCNCc1ccccc1)c1ccccc1. The number of hydrogen-bond donors (Lipinski definition) is 1. The molecule has 0 aliphatic heterocycles. The summed E-state index contributed by atoms with van der Waals surface area (Å²) >= 11 is 0. The maximum absolute atomic E-state index is 5.80. The van der Waals surface area contributed by atoms with E-state index in [1.807, 2.05) is 24.3 Å². The molecular weight excluding hydrogens is 234 g/mol. The van der Waals surface area contributed by atoms with Crippen LogP contribution in [0.2, 0.25) is 0 Å². The maximum Gasteiger partial charge on any atom is 0.0797 e. The molecule has 19 heavy (non-hydrogen) atoms. The third-order valence-corrected chi connectivity index (χ3v) is 3.09. The Morgan fingerprint density at radius 3 is 2.26 bits per heavy atom. The zero-order valence-electron chi connectivity index (χ0n) is 11.4. The minimum absolute atomic E-state index is 0.153. The van der Waals surface area contributed by atoms with Crippen LogP contribution in [0.5, 0.6) is 0 Å². The molecule has 2 aromatic rings. The molecule has 1 unspecified atom stereocenters. The largest absolute Gasteiger partial charge is 0.373 e. The van der Waals surface area contributed by atoms with E-state index in [4.69, 9.17) is 4.74 Å². The minimum Gasteiger partial charge on any atom is -0.373 e. The van der Waals surface area contributed by atoms with E-state index in [1.165, 1.54) is 11.1 Å². The number of rotatable bonds is 7. The van der Waals surface area contributed by atoms with Crippen molar-refractivity contribution < 1.29 is 4.74 Å². The van der Waals surface area contributed by atoms with E-state index in [1.54, 1.807) is 0 Å². The van der Waals surface area contributed by atoms with E-state index < -0.39 is 0 Å². The summed E-state index contributed by atoms with van der Waals surface area (Å²) in [7, 11) is 0. The highest BCUT2D eigenvalue weighted by atomic mass is 16.5. The van der Waals surface area contributed by atoms with Gasteiger partial charge in [0.15, 0.2) is 0 Å². The van der Waals surface area contributed by atoms with Crippen LogP contribution in [0, 0.1) is 0 Å². The second-order valence-corrected chi connectivity index (χ2v) is 4.59. The summed E-state index contributed by atoms with van der Waals surface area (Å²) in [4.78, 5) is 0. The van der Waals surface area contributed by atoms with E-state index >= 15 is 0 Å². The maximum atomic E-state index is 5.80. The van der Waals surface area contributed by atoms with Gasteiger partial charge in [-0.25, -0.2) is 0 Å². The van der Waals surface area contributed by atoms with Crippen LogP contribution >= 0.6 is 0 Å². The molecule has 1 N–H and O–H groups in total. The lowest BCUT2D eigenvalue weighted by Gasteiger charge is -2.13. The zero-order chi connectivity index (χ0) is 13.3. The summed E-state index contributed by atoms with van der Waals surface area (Å²) in [5, 5.41) is 3.38. The Labute approximate surface area is 115 Å². The van der Waals surface area contributed by atoms with Crippen LogP contribution in [0.4, 0.5) is 0 Å². The second kappa shape index (κ2) is 7.72. The Bertz CT molecular complexity index is 455. The molecule has 0 amide bonds. The number of nitrogens with one attached hydrogen (secondary N) is 1. The molecule has 0 aliphatic carbocycles. The molecule has 2 heteroatoms. The first-order chi connectivity index (χ1) is 9.36. The van der Waals surface area contributed by atoms with Crippen molar-refractivity contribution in [3.05, 3.63) is 71.8 Å². The molecule has 0 bridgehead atoms. The summed E-state index contributed by atoms with van der Waals surface area (Å²) < 4.78 is 5.80. The van der Waals surface area contributed by atoms with Crippen LogP contribution in [0.15, 0.2) is 60.7 Å². The second-order valence-electron chi connectivity index (χ2n) is 4.59. The fraction of sp³-hybridized carbons (Fsp3) is 0.294. The van der Waals surface area contributed by atoms with Crippen LogP contribution in [0.25, 0.3) is 0 Å². The van der Waals surface area contributed by atoms with Crippen molar-refractivity contribution in [2.24, 2.45) is 0 Å². The summed E-state index contributed by atoms with van der Waals surface area (Å²) in [6.45, 7) is 4.57. The number of benzene rings is 2. The fourth-order valence-electron chi connectivity index (χ4n) is 1.96. The van der Waals surface area contributed by atoms with Gasteiger partial charge in [-0.1, -0.05) is 60.7 Å². The van der Waals surface area contributed by atoms with Crippen molar-refractivity contribution >= 4 is 0 Å². The molecule has 2 nitrogen and oxygen atoms in total. The van der Waals surface area contributed by atoms with Crippen LogP contribution in [-0.2, 0) is 11.3 Å². The Kier molecular flexibility index (Phi) is 5.60. The molecule has 2 rings (SSSR count). The highest BCUT2D eigenvalue weighted by molar-refractivity contribution is 5.16. The monoisotopic (exact) mass is 255 g/mol. The van der Waals surface area contributed by atoms with Crippen LogP contribution in [-0.4, -0.2) is 13.2 Å². The van der Waals surface area contributed by atoms with Gasteiger partial charge in [-0.2, -0.15) is 0 Å². The van der Waals surface area contributed by atoms with Gasteiger partial charge in [-0.15, -0.1) is 0 Å². The van der Waals surface area contributed by atoms with E-state index in [-0.39, 0.29) is 6.10 Å². The molecule has 0 fully saturated rings. The summed E-state index contributed by atoms with van der Waals surface area (Å²) in [6.07, 6.45) is 0.153. The van der Waals surface area contributed by atoms with E-state index in [0.717, 1.165) is 19.7 Å². The highest BCUT2D eigenvalue weighted by Gasteiger charge is 2.03. The van der Waals surface area contributed by atoms with Gasteiger partial charge in [0, 0.05) is 13.1 Å². The third kappa shape index (κ3) is 4.86. The van der Waals surface area contributed by atoms with Crippen molar-refractivity contribution in [2.45, 2.75) is 19.6 Å². The standard InChI is InChI=1S/C17H21NO/c1-15(17-10-6-3-7-11-17)19-13-12-18-14-16-8-4-2-5-9-16/h2-11,15,18H,12-14H2,1H3. The smallest absolute Gasteiger partial charge is 0.0797 e. The summed E-state index contributed by atoms with van der Waals surface area (Å²) in [6, 6.07) is 20.7. The van der Waals surface area contributed by atoms with Gasteiger partial charge in [0.25, 0.3) is 0 Å². The first-order valence-electron chi connectivity index (χ1n) is 6.77. The molecule has 0 radical (unpaired) electrons. The van der Waals surface area contributed by atoms with Crippen molar-refractivity contribution in [1.82, 2.24) is 5.32 Å². The highest BCUT2D eigenvalue weighted by Crippen LogP contribution is 2.15. The predicted molar refractivity (Wildman–Crippen MR) is 79.0 cm³/mol. The minimum atomic E-state index is 0.153. The molecule has 1 atom stereocenters. The lowest BCUT2D eigenvalue weighted by atomic mass is 10.1. The van der Waals surface area contributed by atoms with Gasteiger partial charge in [0.2, 0.25) is 0 Å². The summed E-state index contributed by atoms with van der Waals surface area (Å²) in [5.41, 5.74) is 2.53. The van der Waals surface area contributed by atoms with Crippen LogP contribution < -0.4 is 5.32 Å². The predicted octanol–water partition coefficient (Wildman–Crippen LogP) is 3.55. The molecular formula is C17H21NO. The molecule has 0 saturated carbocycles. The lowest BCUT2D eigenvalue weighted by Crippen LogP contribution is -2.20. The average Bonchev–Trinajstić information content (AvgIpc) is 2.49. The molecule has 0 aliphatic rings. The van der Waals surface area contributed by atoms with Gasteiger partial charge in [-0.05, 0) is 18.1 Å². The van der Waals surface area contributed by atoms with Crippen molar-refractivity contribution in [3.63, 3.8) is 0 Å². The molecule has 0 spiro atoms. The zero-order valence-corrected chi connectivity index (χ0v) is 11.4. The Morgan fingerprint density at radius 2 is 1.58 bits per heavy atom. The van der Waals surface area contributed by atoms with E-state index in [2.05, 4.69) is 48.6 Å². The number of ether oxygens (including phenoxy) is 1. The van der Waals surface area contributed by atoms with Gasteiger partial charge >= 0.3 is 0 Å². The van der Waals surface area contributed by atoms with Gasteiger partial charge in [-0.3, -0.25) is 0 Å². The first kappa shape index (κ1) is 13.8. The Morgan fingerprint density at radius 1 is 0.947 bits per heavy atom. The fourth-order valence-corrected chi connectivity index (χ4v) is 1.96. The van der Waals surface area contributed by atoms with Crippen LogP contribution in [0.1, 0.15) is 24.2 Å². The van der Waals surface area contributed by atoms with Gasteiger partial charge in [0.1, 0.15) is 0 Å². The third-order valence-electron chi connectivity index (χ3n) is 3.09.